The summed E-state index contributed by atoms with van der Waals surface area (Å²) in [6, 6.07) is 11.2. The third kappa shape index (κ3) is 9.10. The summed E-state index contributed by atoms with van der Waals surface area (Å²) in [5.74, 6) is 0.837. The fourth-order valence-corrected chi connectivity index (χ4v) is 5.60. The van der Waals surface area contributed by atoms with Crippen LogP contribution in [0.1, 0.15) is 88.9 Å². The van der Waals surface area contributed by atoms with Crippen molar-refractivity contribution >= 4 is 21.6 Å². The van der Waals surface area contributed by atoms with Crippen LogP contribution in [0.3, 0.4) is 0 Å². The first-order chi connectivity index (χ1) is 11.3. The van der Waals surface area contributed by atoms with E-state index in [9.17, 15) is 0 Å². The van der Waals surface area contributed by atoms with E-state index in [-0.39, 0.29) is 0 Å². The van der Waals surface area contributed by atoms with E-state index in [1.165, 1.54) is 69.8 Å². The highest BCUT2D eigenvalue weighted by atomic mass is 33.1. The summed E-state index contributed by atoms with van der Waals surface area (Å²) < 4.78 is 0. The van der Waals surface area contributed by atoms with Crippen LogP contribution in [-0.2, 0) is 0 Å². The summed E-state index contributed by atoms with van der Waals surface area (Å²) >= 11 is 0. The predicted octanol–water partition coefficient (Wildman–Crippen LogP) is 8.30. The normalized spacial score (nSPS) is 12.7. The molecule has 1 aromatic rings. The van der Waals surface area contributed by atoms with Crippen molar-refractivity contribution in [2.75, 3.05) is 6.26 Å². The van der Waals surface area contributed by atoms with Gasteiger partial charge in [-0.05, 0) is 30.6 Å². The molecule has 0 aliphatic carbocycles. The van der Waals surface area contributed by atoms with Crippen LogP contribution < -0.4 is 0 Å². The predicted molar refractivity (Wildman–Crippen MR) is 111 cm³/mol. The molecule has 1 rings (SSSR count). The number of rotatable bonds is 14. The van der Waals surface area contributed by atoms with Gasteiger partial charge in [-0.1, -0.05) is 117 Å². The number of unbranched alkanes of at least 4 members (excludes halogenated alkanes) is 6. The average molecular weight is 353 g/mol. The molecule has 1 atom stereocenters. The van der Waals surface area contributed by atoms with Gasteiger partial charge in [0.15, 0.2) is 0 Å². The minimum absolute atomic E-state index is 0.662. The zero-order valence-electron chi connectivity index (χ0n) is 15.4. The minimum Gasteiger partial charge on any atom is -0.0970 e. The smallest absolute Gasteiger partial charge is 0.0429 e. The fourth-order valence-electron chi connectivity index (χ4n) is 3.27. The van der Waals surface area contributed by atoms with E-state index < -0.39 is 0 Å². The van der Waals surface area contributed by atoms with Crippen LogP contribution in [0.4, 0.5) is 0 Å². The Labute approximate surface area is 153 Å². The topological polar surface area (TPSA) is 0 Å². The summed E-state index contributed by atoms with van der Waals surface area (Å²) in [4.78, 5) is 0. The summed E-state index contributed by atoms with van der Waals surface area (Å²) in [6.45, 7) is 4.61. The Hall–Kier alpha value is -0.0800. The van der Waals surface area contributed by atoms with Gasteiger partial charge in [-0.3, -0.25) is 0 Å². The highest BCUT2D eigenvalue weighted by Crippen LogP contribution is 2.45. The number of benzene rings is 1. The first kappa shape index (κ1) is 21.0. The molecule has 0 N–H and O–H groups in total. The largest absolute Gasteiger partial charge is 0.0970 e. The molecule has 0 aliphatic rings. The van der Waals surface area contributed by atoms with Gasteiger partial charge in [0.2, 0.25) is 0 Å². The summed E-state index contributed by atoms with van der Waals surface area (Å²) in [5, 5.41) is 0.662. The van der Waals surface area contributed by atoms with Gasteiger partial charge < -0.3 is 0 Å². The minimum atomic E-state index is 0.662. The maximum Gasteiger partial charge on any atom is 0.0429 e. The Balaban J connectivity index is 2.66. The monoisotopic (exact) mass is 352 g/mol. The van der Waals surface area contributed by atoms with Gasteiger partial charge in [0.1, 0.15) is 0 Å². The second kappa shape index (κ2) is 14.3. The molecule has 0 fully saturated rings. The quantitative estimate of drug-likeness (QED) is 0.244. The third-order valence-corrected chi connectivity index (χ3v) is 6.87. The first-order valence-electron chi connectivity index (χ1n) is 9.57. The maximum atomic E-state index is 2.33. The van der Waals surface area contributed by atoms with Crippen molar-refractivity contribution in [1.29, 1.82) is 0 Å². The third-order valence-electron chi connectivity index (χ3n) is 4.61. The zero-order chi connectivity index (χ0) is 16.8. The average Bonchev–Trinajstić information content (AvgIpc) is 2.59. The molecule has 0 aliphatic heterocycles. The van der Waals surface area contributed by atoms with Gasteiger partial charge in [-0.15, -0.1) is 0 Å². The number of hydrogen-bond acceptors (Lipinski definition) is 2. The maximum absolute atomic E-state index is 2.33. The van der Waals surface area contributed by atoms with Crippen molar-refractivity contribution in [3.63, 3.8) is 0 Å². The first-order valence-corrected chi connectivity index (χ1v) is 12.2. The molecule has 0 spiro atoms. The summed E-state index contributed by atoms with van der Waals surface area (Å²) in [6.07, 6.45) is 16.1. The van der Waals surface area contributed by atoms with Crippen LogP contribution in [0.15, 0.2) is 30.3 Å². The van der Waals surface area contributed by atoms with Crippen LogP contribution in [0.25, 0.3) is 0 Å². The molecule has 0 radical (unpaired) electrons. The van der Waals surface area contributed by atoms with Crippen molar-refractivity contribution < 1.29 is 0 Å². The van der Waals surface area contributed by atoms with E-state index in [0.29, 0.717) is 5.25 Å². The Morgan fingerprint density at radius 1 is 0.783 bits per heavy atom. The van der Waals surface area contributed by atoms with Crippen LogP contribution in [-0.4, -0.2) is 6.26 Å². The molecule has 0 heterocycles. The van der Waals surface area contributed by atoms with Gasteiger partial charge in [0, 0.05) is 5.25 Å². The Morgan fingerprint density at radius 3 is 1.83 bits per heavy atom. The lowest BCUT2D eigenvalue weighted by Crippen LogP contribution is -2.10. The van der Waals surface area contributed by atoms with Crippen LogP contribution in [0.5, 0.6) is 0 Å². The second-order valence-electron chi connectivity index (χ2n) is 6.55. The fraction of sp³-hybridized carbons (Fsp3) is 0.714. The Morgan fingerprint density at radius 2 is 1.35 bits per heavy atom. The van der Waals surface area contributed by atoms with Crippen LogP contribution >= 0.6 is 21.6 Å². The molecule has 0 aromatic heterocycles. The van der Waals surface area contributed by atoms with E-state index in [1.54, 1.807) is 0 Å². The Kier molecular flexibility index (Phi) is 13.0. The van der Waals surface area contributed by atoms with Crippen LogP contribution in [0, 0.1) is 5.92 Å². The zero-order valence-corrected chi connectivity index (χ0v) is 17.1. The van der Waals surface area contributed by atoms with Gasteiger partial charge in [-0.25, -0.2) is 0 Å². The molecule has 23 heavy (non-hydrogen) atoms. The molecule has 1 aromatic carbocycles. The summed E-state index contributed by atoms with van der Waals surface area (Å²) in [7, 11) is 4.02. The molecular formula is C21H36S2. The van der Waals surface area contributed by atoms with E-state index in [4.69, 9.17) is 0 Å². The molecule has 0 saturated heterocycles. The molecule has 1 unspecified atom stereocenters. The SMILES string of the molecule is CCCCCCC(CCCCCC)C(SSC)c1ccccc1. The number of hydrogen-bond donors (Lipinski definition) is 0. The molecule has 0 bridgehead atoms. The standard InChI is InChI=1S/C21H36S2/c1-4-6-8-11-15-19(16-12-9-7-5-2)21(23-22-3)20-17-13-10-14-18-20/h10,13-14,17-19,21H,4-9,11-12,15-16H2,1-3H3. The van der Waals surface area contributed by atoms with Crippen LogP contribution in [0.2, 0.25) is 0 Å². The van der Waals surface area contributed by atoms with Crippen molar-refractivity contribution in [3.05, 3.63) is 35.9 Å². The lowest BCUT2D eigenvalue weighted by Gasteiger charge is -2.27. The van der Waals surface area contributed by atoms with Gasteiger partial charge in [-0.2, -0.15) is 0 Å². The van der Waals surface area contributed by atoms with E-state index in [2.05, 4.69) is 61.2 Å². The Bertz CT molecular complexity index is 351. The van der Waals surface area contributed by atoms with Crippen molar-refractivity contribution in [2.45, 2.75) is 83.3 Å². The molecule has 132 valence electrons. The highest BCUT2D eigenvalue weighted by molar-refractivity contribution is 8.76. The van der Waals surface area contributed by atoms with Crippen molar-refractivity contribution in [1.82, 2.24) is 0 Å². The molecule has 2 heteroatoms. The molecule has 0 saturated carbocycles. The van der Waals surface area contributed by atoms with E-state index in [1.807, 2.05) is 10.8 Å². The lowest BCUT2D eigenvalue weighted by atomic mass is 9.88. The molecular weight excluding hydrogens is 316 g/mol. The van der Waals surface area contributed by atoms with E-state index in [0.717, 1.165) is 5.92 Å². The summed E-state index contributed by atoms with van der Waals surface area (Å²) in [5.41, 5.74) is 1.53. The molecule has 0 nitrogen and oxygen atoms in total. The lowest BCUT2D eigenvalue weighted by molar-refractivity contribution is 0.399. The van der Waals surface area contributed by atoms with Crippen molar-refractivity contribution in [3.8, 4) is 0 Å². The second-order valence-corrected chi connectivity index (χ2v) is 9.16. The van der Waals surface area contributed by atoms with Gasteiger partial charge in [0.05, 0.1) is 0 Å². The van der Waals surface area contributed by atoms with E-state index >= 15 is 0 Å². The molecule has 0 amide bonds. The van der Waals surface area contributed by atoms with Gasteiger partial charge in [0.25, 0.3) is 0 Å². The van der Waals surface area contributed by atoms with Gasteiger partial charge >= 0.3 is 0 Å². The van der Waals surface area contributed by atoms with Crippen molar-refractivity contribution in [2.24, 2.45) is 5.92 Å². The highest BCUT2D eigenvalue weighted by Gasteiger charge is 2.23.